The summed E-state index contributed by atoms with van der Waals surface area (Å²) < 4.78 is 1.07. The smallest absolute Gasteiger partial charge is 0.128 e. The topological polar surface area (TPSA) is 16.1 Å². The highest BCUT2D eigenvalue weighted by atomic mass is 79.9. The van der Waals surface area contributed by atoms with Crippen LogP contribution in [0, 0.1) is 6.92 Å². The summed E-state index contributed by atoms with van der Waals surface area (Å²) in [5.74, 6) is 1.06. The third-order valence-corrected chi connectivity index (χ3v) is 2.95. The number of nitrogens with zero attached hydrogens (tertiary/aromatic N) is 2. The van der Waals surface area contributed by atoms with Gasteiger partial charge in [0.05, 0.1) is 0 Å². The van der Waals surface area contributed by atoms with Gasteiger partial charge in [-0.2, -0.15) is 0 Å². The molecule has 0 saturated carbocycles. The highest BCUT2D eigenvalue weighted by Gasteiger charge is 2.04. The van der Waals surface area contributed by atoms with Crippen LogP contribution in [-0.4, -0.2) is 18.1 Å². The summed E-state index contributed by atoms with van der Waals surface area (Å²) in [7, 11) is 0. The van der Waals surface area contributed by atoms with Gasteiger partial charge in [-0.3, -0.25) is 0 Å². The SMILES string of the molecule is CCN(CC)c1cc(C)c(Br)cn1. The molecule has 0 N–H and O–H groups in total. The minimum absolute atomic E-state index is 1.00. The van der Waals surface area contributed by atoms with Crippen molar-refractivity contribution < 1.29 is 0 Å². The van der Waals surface area contributed by atoms with Gasteiger partial charge in [0, 0.05) is 23.8 Å². The van der Waals surface area contributed by atoms with Crippen molar-refractivity contribution in [3.63, 3.8) is 0 Å². The number of rotatable bonds is 3. The molecule has 0 radical (unpaired) electrons. The summed E-state index contributed by atoms with van der Waals surface area (Å²) in [6.07, 6.45) is 1.86. The molecule has 2 nitrogen and oxygen atoms in total. The molecule has 0 saturated heterocycles. The molecule has 0 unspecified atom stereocenters. The van der Waals surface area contributed by atoms with Gasteiger partial charge in [-0.05, 0) is 48.3 Å². The van der Waals surface area contributed by atoms with Crippen LogP contribution in [-0.2, 0) is 0 Å². The highest BCUT2D eigenvalue weighted by molar-refractivity contribution is 9.10. The Hall–Kier alpha value is -0.570. The zero-order chi connectivity index (χ0) is 9.84. The molecule has 0 atom stereocenters. The van der Waals surface area contributed by atoms with E-state index in [0.717, 1.165) is 23.4 Å². The largest absolute Gasteiger partial charge is 0.357 e. The fourth-order valence-electron chi connectivity index (χ4n) is 1.25. The molecule has 1 aromatic heterocycles. The summed E-state index contributed by atoms with van der Waals surface area (Å²) >= 11 is 3.44. The Morgan fingerprint density at radius 1 is 1.38 bits per heavy atom. The lowest BCUT2D eigenvalue weighted by atomic mass is 10.3. The van der Waals surface area contributed by atoms with Crippen molar-refractivity contribution in [3.05, 3.63) is 22.3 Å². The van der Waals surface area contributed by atoms with Crippen molar-refractivity contribution >= 4 is 21.7 Å². The Bertz CT molecular complexity index is 282. The highest BCUT2D eigenvalue weighted by Crippen LogP contribution is 2.19. The first-order valence-electron chi connectivity index (χ1n) is 4.56. The average Bonchev–Trinajstić information content (AvgIpc) is 2.13. The van der Waals surface area contributed by atoms with E-state index in [1.807, 2.05) is 6.20 Å². The van der Waals surface area contributed by atoms with Gasteiger partial charge in [-0.1, -0.05) is 0 Å². The van der Waals surface area contributed by atoms with Crippen molar-refractivity contribution in [1.82, 2.24) is 4.98 Å². The van der Waals surface area contributed by atoms with Crippen molar-refractivity contribution in [3.8, 4) is 0 Å². The van der Waals surface area contributed by atoms with E-state index in [1.54, 1.807) is 0 Å². The van der Waals surface area contributed by atoms with E-state index in [9.17, 15) is 0 Å². The molecule has 3 heteroatoms. The first-order chi connectivity index (χ1) is 6.19. The minimum atomic E-state index is 1.00. The predicted octanol–water partition coefficient (Wildman–Crippen LogP) is 3.00. The molecule has 72 valence electrons. The van der Waals surface area contributed by atoms with Crippen LogP contribution in [0.15, 0.2) is 16.7 Å². The van der Waals surface area contributed by atoms with Gasteiger partial charge >= 0.3 is 0 Å². The second-order valence-electron chi connectivity index (χ2n) is 2.96. The molecule has 0 fully saturated rings. The molecule has 0 aliphatic carbocycles. The van der Waals surface area contributed by atoms with E-state index in [1.165, 1.54) is 5.56 Å². The maximum absolute atomic E-state index is 4.36. The van der Waals surface area contributed by atoms with Gasteiger partial charge in [-0.25, -0.2) is 4.98 Å². The molecule has 0 aromatic carbocycles. The Kier molecular flexibility index (Phi) is 3.72. The first kappa shape index (κ1) is 10.5. The maximum atomic E-state index is 4.36. The van der Waals surface area contributed by atoms with Crippen LogP contribution in [0.3, 0.4) is 0 Å². The number of aromatic nitrogens is 1. The lowest BCUT2D eigenvalue weighted by Gasteiger charge is -2.20. The lowest BCUT2D eigenvalue weighted by Crippen LogP contribution is -2.22. The second-order valence-corrected chi connectivity index (χ2v) is 3.82. The molecule has 0 bridgehead atoms. The molecule has 0 aliphatic heterocycles. The monoisotopic (exact) mass is 242 g/mol. The van der Waals surface area contributed by atoms with Gasteiger partial charge < -0.3 is 4.90 Å². The van der Waals surface area contributed by atoms with Gasteiger partial charge in [0.25, 0.3) is 0 Å². The van der Waals surface area contributed by atoms with Gasteiger partial charge in [0.2, 0.25) is 0 Å². The third kappa shape index (κ3) is 2.44. The summed E-state index contributed by atoms with van der Waals surface area (Å²) in [6, 6.07) is 2.11. The fourth-order valence-corrected chi connectivity index (χ4v) is 1.46. The van der Waals surface area contributed by atoms with E-state index in [0.29, 0.717) is 0 Å². The zero-order valence-corrected chi connectivity index (χ0v) is 9.93. The molecular formula is C10H15BrN2. The van der Waals surface area contributed by atoms with Crippen LogP contribution in [0.2, 0.25) is 0 Å². The van der Waals surface area contributed by atoms with Crippen molar-refractivity contribution in [2.75, 3.05) is 18.0 Å². The summed E-state index contributed by atoms with van der Waals surface area (Å²) in [4.78, 5) is 6.60. The normalized spacial score (nSPS) is 10.2. The lowest BCUT2D eigenvalue weighted by molar-refractivity contribution is 0.844. The summed E-state index contributed by atoms with van der Waals surface area (Å²) in [5.41, 5.74) is 1.23. The quantitative estimate of drug-likeness (QED) is 0.811. The van der Waals surface area contributed by atoms with E-state index < -0.39 is 0 Å². The van der Waals surface area contributed by atoms with Crippen LogP contribution in [0.5, 0.6) is 0 Å². The molecule has 13 heavy (non-hydrogen) atoms. The fraction of sp³-hybridized carbons (Fsp3) is 0.500. The first-order valence-corrected chi connectivity index (χ1v) is 5.35. The molecule has 1 aromatic rings. The number of anilines is 1. The zero-order valence-electron chi connectivity index (χ0n) is 8.34. The van der Waals surface area contributed by atoms with Crippen LogP contribution >= 0.6 is 15.9 Å². The Labute approximate surface area is 88.1 Å². The average molecular weight is 243 g/mol. The van der Waals surface area contributed by atoms with Gasteiger partial charge in [-0.15, -0.1) is 0 Å². The van der Waals surface area contributed by atoms with Crippen LogP contribution < -0.4 is 4.90 Å². The maximum Gasteiger partial charge on any atom is 0.128 e. The number of pyridine rings is 1. The molecule has 1 heterocycles. The van der Waals surface area contributed by atoms with Gasteiger partial charge in [0.15, 0.2) is 0 Å². The molecule has 1 rings (SSSR count). The molecule has 0 amide bonds. The third-order valence-electron chi connectivity index (χ3n) is 2.12. The number of aryl methyl sites for hydroxylation is 1. The van der Waals surface area contributed by atoms with Crippen LogP contribution in [0.25, 0.3) is 0 Å². The van der Waals surface area contributed by atoms with Crippen LogP contribution in [0.4, 0.5) is 5.82 Å². The number of halogens is 1. The van der Waals surface area contributed by atoms with Crippen molar-refractivity contribution in [2.24, 2.45) is 0 Å². The van der Waals surface area contributed by atoms with E-state index in [2.05, 4.69) is 52.7 Å². The standard InChI is InChI=1S/C10H15BrN2/c1-4-13(5-2)10-6-8(3)9(11)7-12-10/h6-7H,4-5H2,1-3H3. The summed E-state index contributed by atoms with van der Waals surface area (Å²) in [5, 5.41) is 0. The van der Waals surface area contributed by atoms with E-state index >= 15 is 0 Å². The number of hydrogen-bond acceptors (Lipinski definition) is 2. The predicted molar refractivity (Wildman–Crippen MR) is 60.2 cm³/mol. The van der Waals surface area contributed by atoms with Crippen molar-refractivity contribution in [1.29, 1.82) is 0 Å². The summed E-state index contributed by atoms with van der Waals surface area (Å²) in [6.45, 7) is 8.37. The minimum Gasteiger partial charge on any atom is -0.357 e. The Balaban J connectivity index is 2.95. The molecule has 0 aliphatic rings. The van der Waals surface area contributed by atoms with Crippen molar-refractivity contribution in [2.45, 2.75) is 20.8 Å². The molecule has 0 spiro atoms. The Morgan fingerprint density at radius 3 is 2.46 bits per heavy atom. The second kappa shape index (κ2) is 4.61. The van der Waals surface area contributed by atoms with Gasteiger partial charge in [0.1, 0.15) is 5.82 Å². The van der Waals surface area contributed by atoms with Crippen LogP contribution in [0.1, 0.15) is 19.4 Å². The molecular weight excluding hydrogens is 228 g/mol. The number of hydrogen-bond donors (Lipinski definition) is 0. The Morgan fingerprint density at radius 2 is 2.00 bits per heavy atom. The van der Waals surface area contributed by atoms with E-state index in [-0.39, 0.29) is 0 Å². The van der Waals surface area contributed by atoms with E-state index in [4.69, 9.17) is 0 Å².